The Morgan fingerprint density at radius 3 is 2.63 bits per heavy atom. The van der Waals surface area contributed by atoms with Crippen molar-refractivity contribution in [3.05, 3.63) is 12.2 Å². The molecule has 0 aromatic heterocycles. The molecule has 2 heterocycles. The number of hydrogen-bond donors (Lipinski definition) is 0. The normalized spacial score (nSPS) is 42.8. The Morgan fingerprint density at radius 2 is 2.00 bits per heavy atom. The maximum Gasteiger partial charge on any atom is 0.0856 e. The smallest absolute Gasteiger partial charge is 0.0856 e. The fraction of sp³-hybridized carbons (Fsp3) is 0.733. The number of hydrogen-bond acceptors (Lipinski definition) is 2. The number of alkyl halides is 2. The van der Waals surface area contributed by atoms with E-state index in [4.69, 9.17) is 27.5 Å². The van der Waals surface area contributed by atoms with Gasteiger partial charge in [0.15, 0.2) is 0 Å². The van der Waals surface area contributed by atoms with Crippen LogP contribution in [-0.4, -0.2) is 34.6 Å². The van der Waals surface area contributed by atoms with E-state index >= 15 is 0 Å². The third kappa shape index (κ3) is 3.76. The molecule has 0 aromatic rings. The maximum atomic E-state index is 6.36. The zero-order chi connectivity index (χ0) is 13.8. The second-order valence-corrected chi connectivity index (χ2v) is 6.88. The SMILES string of the molecule is C#C/C=C\C[C@@H]1O[C@@H]([C@@H]2C[C@H](Br)[C@@H](CC)O2)C[C@@H]1Cl. The summed E-state index contributed by atoms with van der Waals surface area (Å²) in [4.78, 5) is 0.431. The van der Waals surface area contributed by atoms with Gasteiger partial charge < -0.3 is 9.47 Å². The summed E-state index contributed by atoms with van der Waals surface area (Å²) >= 11 is 10.0. The fourth-order valence-electron chi connectivity index (χ4n) is 2.78. The monoisotopic (exact) mass is 346 g/mol. The predicted octanol–water partition coefficient (Wildman–Crippen LogP) is 3.66. The molecule has 2 rings (SSSR count). The molecule has 0 aliphatic carbocycles. The molecule has 0 saturated carbocycles. The van der Waals surface area contributed by atoms with Crippen LogP contribution in [0.1, 0.15) is 32.6 Å². The van der Waals surface area contributed by atoms with Crippen molar-refractivity contribution in [1.82, 2.24) is 0 Å². The third-order valence-corrected chi connectivity index (χ3v) is 5.24. The topological polar surface area (TPSA) is 18.5 Å². The molecule has 106 valence electrons. The van der Waals surface area contributed by atoms with E-state index in [1.807, 2.05) is 6.08 Å². The van der Waals surface area contributed by atoms with Gasteiger partial charge in [-0.3, -0.25) is 0 Å². The standard InChI is InChI=1S/C15H20BrClO2/c1-3-5-6-7-13-11(17)9-15(19-13)14-8-10(16)12(4-2)18-14/h1,5-6,10-15H,4,7-9H2,2H3/b6-5-/t10-,11-,12+,13-,14-,15+/m0/s1. The summed E-state index contributed by atoms with van der Waals surface area (Å²) in [6.07, 6.45) is 13.1. The van der Waals surface area contributed by atoms with Crippen LogP contribution in [0.5, 0.6) is 0 Å². The lowest BCUT2D eigenvalue weighted by Gasteiger charge is -2.19. The lowest BCUT2D eigenvalue weighted by atomic mass is 10.1. The van der Waals surface area contributed by atoms with Crippen LogP contribution in [-0.2, 0) is 9.47 Å². The van der Waals surface area contributed by atoms with Crippen LogP contribution in [0.15, 0.2) is 12.2 Å². The summed E-state index contributed by atoms with van der Waals surface area (Å²) in [7, 11) is 0. The molecule has 0 unspecified atom stereocenters. The van der Waals surface area contributed by atoms with Crippen molar-refractivity contribution in [2.45, 2.75) is 67.2 Å². The van der Waals surface area contributed by atoms with Crippen molar-refractivity contribution in [3.63, 3.8) is 0 Å². The van der Waals surface area contributed by atoms with Crippen LogP contribution in [0.3, 0.4) is 0 Å². The Bertz CT molecular complexity index is 366. The van der Waals surface area contributed by atoms with E-state index in [0.29, 0.717) is 10.9 Å². The summed E-state index contributed by atoms with van der Waals surface area (Å²) in [6.45, 7) is 2.15. The Hall–Kier alpha value is -0.0100. The number of halogens is 2. The molecular formula is C15H20BrClO2. The third-order valence-electron chi connectivity index (χ3n) is 3.82. The molecule has 0 aromatic carbocycles. The van der Waals surface area contributed by atoms with Gasteiger partial charge in [0.05, 0.1) is 29.8 Å². The Morgan fingerprint density at radius 1 is 1.32 bits per heavy atom. The second kappa shape index (κ2) is 7.13. The van der Waals surface area contributed by atoms with E-state index in [9.17, 15) is 0 Å². The number of ether oxygens (including phenoxy) is 2. The highest BCUT2D eigenvalue weighted by Crippen LogP contribution is 2.37. The maximum absolute atomic E-state index is 6.36. The Balaban J connectivity index is 1.87. The summed E-state index contributed by atoms with van der Waals surface area (Å²) < 4.78 is 12.1. The second-order valence-electron chi connectivity index (χ2n) is 5.14. The van der Waals surface area contributed by atoms with Gasteiger partial charge in [0.1, 0.15) is 0 Å². The molecule has 6 atom stereocenters. The molecule has 2 aliphatic heterocycles. The minimum Gasteiger partial charge on any atom is -0.371 e. The highest BCUT2D eigenvalue weighted by molar-refractivity contribution is 9.09. The van der Waals surface area contributed by atoms with Crippen molar-refractivity contribution < 1.29 is 9.47 Å². The minimum absolute atomic E-state index is 0.0467. The van der Waals surface area contributed by atoms with Gasteiger partial charge in [0, 0.05) is 4.83 Å². The summed E-state index contributed by atoms with van der Waals surface area (Å²) in [5, 5.41) is 0.0467. The first-order chi connectivity index (χ1) is 9.15. The molecule has 2 saturated heterocycles. The highest BCUT2D eigenvalue weighted by atomic mass is 79.9. The molecule has 2 aliphatic rings. The zero-order valence-corrected chi connectivity index (χ0v) is 13.4. The van der Waals surface area contributed by atoms with Crippen LogP contribution in [0.2, 0.25) is 0 Å². The first-order valence-electron chi connectivity index (χ1n) is 6.85. The summed E-state index contributed by atoms with van der Waals surface area (Å²) in [6, 6.07) is 0. The quantitative estimate of drug-likeness (QED) is 0.571. The average Bonchev–Trinajstić information content (AvgIpc) is 2.93. The molecule has 0 radical (unpaired) electrons. The summed E-state index contributed by atoms with van der Waals surface area (Å²) in [5.74, 6) is 2.48. The van der Waals surface area contributed by atoms with Gasteiger partial charge in [-0.15, -0.1) is 18.0 Å². The molecule has 0 bridgehead atoms. The van der Waals surface area contributed by atoms with Gasteiger partial charge in [-0.1, -0.05) is 34.9 Å². The Labute approximate surface area is 129 Å². The van der Waals surface area contributed by atoms with Gasteiger partial charge in [0.25, 0.3) is 0 Å². The molecule has 0 amide bonds. The first kappa shape index (κ1) is 15.4. The van der Waals surface area contributed by atoms with E-state index in [2.05, 4.69) is 28.8 Å². The number of rotatable bonds is 4. The van der Waals surface area contributed by atoms with Crippen LogP contribution < -0.4 is 0 Å². The van der Waals surface area contributed by atoms with Crippen LogP contribution in [0, 0.1) is 12.3 Å². The molecule has 2 nitrogen and oxygen atoms in total. The van der Waals surface area contributed by atoms with Gasteiger partial charge >= 0.3 is 0 Å². The van der Waals surface area contributed by atoms with Gasteiger partial charge in [-0.2, -0.15) is 0 Å². The van der Waals surface area contributed by atoms with Gasteiger partial charge in [0.2, 0.25) is 0 Å². The van der Waals surface area contributed by atoms with E-state index in [1.54, 1.807) is 6.08 Å². The Kier molecular flexibility index (Phi) is 5.77. The van der Waals surface area contributed by atoms with Crippen LogP contribution in [0.25, 0.3) is 0 Å². The van der Waals surface area contributed by atoms with Crippen molar-refractivity contribution in [2.24, 2.45) is 0 Å². The molecule has 0 spiro atoms. The van der Waals surface area contributed by atoms with Crippen molar-refractivity contribution >= 4 is 27.5 Å². The zero-order valence-electron chi connectivity index (χ0n) is 11.1. The van der Waals surface area contributed by atoms with Crippen molar-refractivity contribution in [3.8, 4) is 12.3 Å². The summed E-state index contributed by atoms with van der Waals surface area (Å²) in [5.41, 5.74) is 0. The highest BCUT2D eigenvalue weighted by Gasteiger charge is 2.43. The fourth-order valence-corrected chi connectivity index (χ4v) is 3.99. The number of terminal acetylenes is 1. The van der Waals surface area contributed by atoms with Crippen molar-refractivity contribution in [1.29, 1.82) is 0 Å². The minimum atomic E-state index is 0.0467. The first-order valence-corrected chi connectivity index (χ1v) is 8.21. The average molecular weight is 348 g/mol. The van der Waals surface area contributed by atoms with Crippen LogP contribution in [0.4, 0.5) is 0 Å². The molecule has 2 fully saturated rings. The number of allylic oxidation sites excluding steroid dienone is 1. The molecular weight excluding hydrogens is 328 g/mol. The van der Waals surface area contributed by atoms with Gasteiger partial charge in [-0.05, 0) is 31.8 Å². The molecule has 4 heteroatoms. The van der Waals surface area contributed by atoms with Gasteiger partial charge in [-0.25, -0.2) is 0 Å². The molecule has 0 N–H and O–H groups in total. The van der Waals surface area contributed by atoms with E-state index in [1.165, 1.54) is 0 Å². The lowest BCUT2D eigenvalue weighted by molar-refractivity contribution is -0.0641. The predicted molar refractivity (Wildman–Crippen MR) is 81.8 cm³/mol. The lowest BCUT2D eigenvalue weighted by Crippen LogP contribution is -2.26. The largest absolute Gasteiger partial charge is 0.371 e. The molecule has 19 heavy (non-hydrogen) atoms. The van der Waals surface area contributed by atoms with E-state index in [-0.39, 0.29) is 23.7 Å². The van der Waals surface area contributed by atoms with E-state index < -0.39 is 0 Å². The van der Waals surface area contributed by atoms with E-state index in [0.717, 1.165) is 25.7 Å². The van der Waals surface area contributed by atoms with Crippen molar-refractivity contribution in [2.75, 3.05) is 0 Å². The van der Waals surface area contributed by atoms with Crippen LogP contribution >= 0.6 is 27.5 Å².